The Balaban J connectivity index is 2.30. The van der Waals surface area contributed by atoms with Crippen LogP contribution in [0.15, 0.2) is 48.5 Å². The molecule has 0 radical (unpaired) electrons. The zero-order valence-electron chi connectivity index (χ0n) is 11.0. The van der Waals surface area contributed by atoms with Gasteiger partial charge in [0.2, 0.25) is 6.41 Å². The first-order valence-corrected chi connectivity index (χ1v) is 6.67. The minimum absolute atomic E-state index is 0.0455. The maximum atomic E-state index is 11.0. The van der Waals surface area contributed by atoms with Gasteiger partial charge < -0.3 is 5.32 Å². The van der Waals surface area contributed by atoms with E-state index in [2.05, 4.69) is 5.32 Å². The Morgan fingerprint density at radius 2 is 1.86 bits per heavy atom. The summed E-state index contributed by atoms with van der Waals surface area (Å²) in [5.41, 5.74) is 1.45. The second kappa shape index (κ2) is 6.85. The molecule has 0 aliphatic carbocycles. The Hall–Kier alpha value is -2.40. The number of nitro groups is 1. The molecule has 1 atom stereocenters. The molecule has 0 aromatic heterocycles. The third-order valence-corrected chi connectivity index (χ3v) is 3.41. The first-order chi connectivity index (χ1) is 10.1. The highest BCUT2D eigenvalue weighted by atomic mass is 35.5. The molecule has 2 aromatic rings. The number of halogens is 1. The summed E-state index contributed by atoms with van der Waals surface area (Å²) in [5, 5.41) is 14.3. The summed E-state index contributed by atoms with van der Waals surface area (Å²) in [6, 6.07) is 13.2. The Bertz CT molecular complexity index is 644. The van der Waals surface area contributed by atoms with Crippen molar-refractivity contribution >= 4 is 23.7 Å². The van der Waals surface area contributed by atoms with Crippen LogP contribution in [-0.4, -0.2) is 11.3 Å². The molecule has 1 amide bonds. The number of nitro benzene ring substituents is 1. The van der Waals surface area contributed by atoms with Crippen LogP contribution in [-0.2, 0) is 11.2 Å². The van der Waals surface area contributed by atoms with Crippen LogP contribution in [0.25, 0.3) is 0 Å². The molecular formula is C15H13ClN2O3. The van der Waals surface area contributed by atoms with E-state index in [-0.39, 0.29) is 11.7 Å². The average molecular weight is 305 g/mol. The number of rotatable bonds is 6. The zero-order valence-corrected chi connectivity index (χ0v) is 11.8. The van der Waals surface area contributed by atoms with E-state index in [1.807, 2.05) is 0 Å². The van der Waals surface area contributed by atoms with Gasteiger partial charge in [0.15, 0.2) is 0 Å². The van der Waals surface area contributed by atoms with Crippen LogP contribution in [0.2, 0.25) is 5.02 Å². The van der Waals surface area contributed by atoms with Gasteiger partial charge in [-0.05, 0) is 17.7 Å². The van der Waals surface area contributed by atoms with Crippen molar-refractivity contribution in [1.82, 2.24) is 5.32 Å². The van der Waals surface area contributed by atoms with E-state index >= 15 is 0 Å². The minimum atomic E-state index is -0.421. The summed E-state index contributed by atoms with van der Waals surface area (Å²) >= 11 is 5.84. The average Bonchev–Trinajstić information content (AvgIpc) is 2.48. The summed E-state index contributed by atoms with van der Waals surface area (Å²) in [4.78, 5) is 21.4. The van der Waals surface area contributed by atoms with Gasteiger partial charge in [0.1, 0.15) is 0 Å². The second-order valence-corrected chi connectivity index (χ2v) is 4.92. The number of benzene rings is 2. The second-order valence-electron chi connectivity index (χ2n) is 4.48. The van der Waals surface area contributed by atoms with E-state index < -0.39 is 4.92 Å². The fourth-order valence-corrected chi connectivity index (χ4v) is 2.26. The summed E-state index contributed by atoms with van der Waals surface area (Å²) in [6.07, 6.45) is 0.922. The lowest BCUT2D eigenvalue weighted by atomic mass is 9.98. The molecule has 108 valence electrons. The zero-order chi connectivity index (χ0) is 15.2. The number of nitrogens with one attached hydrogen (secondary N) is 1. The Morgan fingerprint density at radius 3 is 2.48 bits per heavy atom. The summed E-state index contributed by atoms with van der Waals surface area (Å²) in [7, 11) is 0. The predicted molar refractivity (Wildman–Crippen MR) is 80.2 cm³/mol. The minimum Gasteiger partial charge on any atom is -0.352 e. The summed E-state index contributed by atoms with van der Waals surface area (Å²) in [5.74, 6) is 0. The number of hydrogen-bond donors (Lipinski definition) is 1. The SMILES string of the molecule is O=CN[C@H](Cc1ccccc1[N+](=O)[O-])c1ccc(Cl)cc1. The molecule has 0 bridgehead atoms. The molecule has 0 fully saturated rings. The Kier molecular flexibility index (Phi) is 4.90. The van der Waals surface area contributed by atoms with E-state index in [4.69, 9.17) is 11.6 Å². The van der Waals surface area contributed by atoms with Crippen LogP contribution < -0.4 is 5.32 Å². The first kappa shape index (κ1) is 15.0. The normalized spacial score (nSPS) is 11.7. The first-order valence-electron chi connectivity index (χ1n) is 6.29. The Labute approximate surface area is 126 Å². The maximum Gasteiger partial charge on any atom is 0.272 e. The predicted octanol–water partition coefficient (Wildman–Crippen LogP) is 3.28. The number of carbonyl (C=O) groups excluding carboxylic acids is 1. The van der Waals surface area contributed by atoms with Gasteiger partial charge in [0.25, 0.3) is 5.69 Å². The van der Waals surface area contributed by atoms with Gasteiger partial charge in [-0.3, -0.25) is 14.9 Å². The van der Waals surface area contributed by atoms with Gasteiger partial charge in [-0.25, -0.2) is 0 Å². The Morgan fingerprint density at radius 1 is 1.19 bits per heavy atom. The fourth-order valence-electron chi connectivity index (χ4n) is 2.13. The summed E-state index contributed by atoms with van der Waals surface area (Å²) < 4.78 is 0. The van der Waals surface area contributed by atoms with Crippen LogP contribution in [0, 0.1) is 10.1 Å². The molecule has 0 saturated heterocycles. The van der Waals surface area contributed by atoms with Crippen molar-refractivity contribution in [3.63, 3.8) is 0 Å². The van der Waals surface area contributed by atoms with Gasteiger partial charge in [0, 0.05) is 23.1 Å². The largest absolute Gasteiger partial charge is 0.352 e. The molecule has 1 N–H and O–H groups in total. The van der Waals surface area contributed by atoms with E-state index in [0.29, 0.717) is 23.4 Å². The van der Waals surface area contributed by atoms with Gasteiger partial charge in [-0.1, -0.05) is 41.9 Å². The van der Waals surface area contributed by atoms with Crippen LogP contribution in [0.5, 0.6) is 0 Å². The third kappa shape index (κ3) is 3.79. The lowest BCUT2D eigenvalue weighted by Gasteiger charge is -2.16. The number of para-hydroxylation sites is 1. The van der Waals surface area contributed by atoms with E-state index in [1.54, 1.807) is 42.5 Å². The number of amides is 1. The molecule has 0 heterocycles. The molecule has 21 heavy (non-hydrogen) atoms. The summed E-state index contributed by atoms with van der Waals surface area (Å²) in [6.45, 7) is 0. The van der Waals surface area contributed by atoms with Crippen molar-refractivity contribution in [1.29, 1.82) is 0 Å². The van der Waals surface area contributed by atoms with Crippen molar-refractivity contribution in [2.45, 2.75) is 12.5 Å². The number of nitrogens with zero attached hydrogens (tertiary/aromatic N) is 1. The standard InChI is InChI=1S/C15H13ClN2O3/c16-13-7-5-11(6-8-13)14(17-10-19)9-12-3-1-2-4-15(12)18(20)21/h1-8,10,14H,9H2,(H,17,19)/t14-/m1/s1. The van der Waals surface area contributed by atoms with Crippen LogP contribution in [0.3, 0.4) is 0 Å². The molecule has 0 saturated carbocycles. The fraction of sp³-hybridized carbons (Fsp3) is 0.133. The smallest absolute Gasteiger partial charge is 0.272 e. The lowest BCUT2D eigenvalue weighted by molar-refractivity contribution is -0.385. The third-order valence-electron chi connectivity index (χ3n) is 3.15. The molecular weight excluding hydrogens is 292 g/mol. The van der Waals surface area contributed by atoms with Crippen LogP contribution in [0.4, 0.5) is 5.69 Å². The highest BCUT2D eigenvalue weighted by Crippen LogP contribution is 2.25. The topological polar surface area (TPSA) is 72.2 Å². The maximum absolute atomic E-state index is 11.0. The molecule has 0 aliphatic heterocycles. The molecule has 2 aromatic carbocycles. The molecule has 2 rings (SSSR count). The number of hydrogen-bond acceptors (Lipinski definition) is 3. The lowest BCUT2D eigenvalue weighted by Crippen LogP contribution is -2.22. The van der Waals surface area contributed by atoms with Crippen molar-refractivity contribution in [2.75, 3.05) is 0 Å². The quantitative estimate of drug-likeness (QED) is 0.505. The van der Waals surface area contributed by atoms with Gasteiger partial charge in [0.05, 0.1) is 11.0 Å². The van der Waals surface area contributed by atoms with Gasteiger partial charge >= 0.3 is 0 Å². The van der Waals surface area contributed by atoms with Gasteiger partial charge in [-0.2, -0.15) is 0 Å². The molecule has 6 heteroatoms. The van der Waals surface area contributed by atoms with Gasteiger partial charge in [-0.15, -0.1) is 0 Å². The molecule has 0 spiro atoms. The molecule has 0 aliphatic rings. The van der Waals surface area contributed by atoms with Crippen molar-refractivity contribution in [2.24, 2.45) is 0 Å². The van der Waals surface area contributed by atoms with E-state index in [0.717, 1.165) is 5.56 Å². The van der Waals surface area contributed by atoms with Crippen molar-refractivity contribution < 1.29 is 9.72 Å². The monoisotopic (exact) mass is 304 g/mol. The van der Waals surface area contributed by atoms with E-state index in [1.165, 1.54) is 6.07 Å². The highest BCUT2D eigenvalue weighted by Gasteiger charge is 2.18. The van der Waals surface area contributed by atoms with Crippen LogP contribution in [0.1, 0.15) is 17.2 Å². The highest BCUT2D eigenvalue weighted by molar-refractivity contribution is 6.30. The van der Waals surface area contributed by atoms with E-state index in [9.17, 15) is 14.9 Å². The van der Waals surface area contributed by atoms with Crippen LogP contribution >= 0.6 is 11.6 Å². The van der Waals surface area contributed by atoms with Crippen molar-refractivity contribution in [3.8, 4) is 0 Å². The molecule has 0 unspecified atom stereocenters. The van der Waals surface area contributed by atoms with Crippen molar-refractivity contribution in [3.05, 3.63) is 74.8 Å². The number of carbonyl (C=O) groups is 1. The molecule has 5 nitrogen and oxygen atoms in total.